The summed E-state index contributed by atoms with van der Waals surface area (Å²) in [6.07, 6.45) is 2.35. The fourth-order valence-electron chi connectivity index (χ4n) is 1.50. The molecule has 0 spiro atoms. The molecule has 0 aliphatic rings. The predicted octanol–water partition coefficient (Wildman–Crippen LogP) is 2.85. The largest absolute Gasteiger partial charge is 0.229 e. The smallest absolute Gasteiger partial charge is 0.150 e. The molecule has 0 radical (unpaired) electrons. The van der Waals surface area contributed by atoms with Gasteiger partial charge in [0.15, 0.2) is 0 Å². The first-order chi connectivity index (χ1) is 6.43. The number of alkyl halides is 1. The van der Waals surface area contributed by atoms with Crippen LogP contribution in [0.3, 0.4) is 0 Å². The highest BCUT2D eigenvalue weighted by Gasteiger charge is 2.17. The lowest BCUT2D eigenvalue weighted by molar-refractivity contribution is 0.480. The average Bonchev–Trinajstić information content (AvgIpc) is 2.04. The molecule has 0 fully saturated rings. The minimum absolute atomic E-state index is 0.0665. The summed E-state index contributed by atoms with van der Waals surface area (Å²) < 4.78 is 22.9. The van der Waals surface area contributed by atoms with Crippen molar-refractivity contribution in [2.45, 2.75) is 45.4 Å². The Bertz CT molecular complexity index is 235. The van der Waals surface area contributed by atoms with E-state index in [9.17, 15) is 8.42 Å². The fraction of sp³-hybridized carbons (Fsp3) is 1.00. The SMILES string of the molecule is CCCS(=O)(=O)CCC(CC)C(C)Cl. The molecule has 0 saturated heterocycles. The van der Waals surface area contributed by atoms with Gasteiger partial charge in [0, 0.05) is 11.1 Å². The van der Waals surface area contributed by atoms with Gasteiger partial charge in [0.2, 0.25) is 0 Å². The Hall–Kier alpha value is 0.240. The maximum atomic E-state index is 11.4. The molecule has 0 saturated carbocycles. The molecule has 0 amide bonds. The molecule has 0 aromatic heterocycles. The van der Waals surface area contributed by atoms with E-state index in [-0.39, 0.29) is 11.1 Å². The maximum Gasteiger partial charge on any atom is 0.150 e. The zero-order chi connectivity index (χ0) is 11.2. The molecule has 0 bridgehead atoms. The number of halogens is 1. The first kappa shape index (κ1) is 14.2. The van der Waals surface area contributed by atoms with Crippen molar-refractivity contribution in [3.8, 4) is 0 Å². The topological polar surface area (TPSA) is 34.1 Å². The van der Waals surface area contributed by atoms with Gasteiger partial charge in [-0.05, 0) is 25.7 Å². The van der Waals surface area contributed by atoms with Gasteiger partial charge in [-0.1, -0.05) is 20.3 Å². The van der Waals surface area contributed by atoms with Crippen LogP contribution in [0, 0.1) is 5.92 Å². The standard InChI is InChI=1S/C10H21ClO2S/c1-4-7-14(12,13)8-6-10(5-2)9(3)11/h9-10H,4-8H2,1-3H3. The lowest BCUT2D eigenvalue weighted by atomic mass is 10.0. The number of rotatable bonds is 7. The van der Waals surface area contributed by atoms with Crippen molar-refractivity contribution in [3.05, 3.63) is 0 Å². The third-order valence-electron chi connectivity index (χ3n) is 2.49. The van der Waals surface area contributed by atoms with Gasteiger partial charge in [-0.15, -0.1) is 11.6 Å². The second-order valence-electron chi connectivity index (χ2n) is 3.79. The van der Waals surface area contributed by atoms with E-state index in [0.717, 1.165) is 6.42 Å². The quantitative estimate of drug-likeness (QED) is 0.642. The zero-order valence-corrected chi connectivity index (χ0v) is 10.9. The third-order valence-corrected chi connectivity index (χ3v) is 4.73. The highest BCUT2D eigenvalue weighted by Crippen LogP contribution is 2.19. The summed E-state index contributed by atoms with van der Waals surface area (Å²) in [5.41, 5.74) is 0. The molecular formula is C10H21ClO2S. The van der Waals surface area contributed by atoms with Crippen LogP contribution in [0.4, 0.5) is 0 Å². The van der Waals surface area contributed by atoms with E-state index in [1.807, 2.05) is 13.8 Å². The van der Waals surface area contributed by atoms with Gasteiger partial charge < -0.3 is 0 Å². The molecule has 86 valence electrons. The Kier molecular flexibility index (Phi) is 6.79. The third kappa shape index (κ3) is 5.86. The normalized spacial score (nSPS) is 16.6. The molecule has 0 aromatic carbocycles. The van der Waals surface area contributed by atoms with Gasteiger partial charge >= 0.3 is 0 Å². The summed E-state index contributed by atoms with van der Waals surface area (Å²) in [5.74, 6) is 0.916. The maximum absolute atomic E-state index is 11.4. The van der Waals surface area contributed by atoms with Crippen LogP contribution in [0.1, 0.15) is 40.0 Å². The predicted molar refractivity (Wildman–Crippen MR) is 62.7 cm³/mol. The molecule has 4 heteroatoms. The lowest BCUT2D eigenvalue weighted by Gasteiger charge is -2.16. The van der Waals surface area contributed by atoms with Gasteiger partial charge in [0.1, 0.15) is 9.84 Å². The zero-order valence-electron chi connectivity index (χ0n) is 9.29. The highest BCUT2D eigenvalue weighted by atomic mass is 35.5. The minimum atomic E-state index is -2.83. The van der Waals surface area contributed by atoms with Crippen molar-refractivity contribution >= 4 is 21.4 Å². The van der Waals surface area contributed by atoms with E-state index in [1.165, 1.54) is 0 Å². The number of hydrogen-bond donors (Lipinski definition) is 0. The minimum Gasteiger partial charge on any atom is -0.229 e. The number of hydrogen-bond acceptors (Lipinski definition) is 2. The average molecular weight is 241 g/mol. The summed E-state index contributed by atoms with van der Waals surface area (Å²) in [4.78, 5) is 0. The summed E-state index contributed by atoms with van der Waals surface area (Å²) in [6, 6.07) is 0. The van der Waals surface area contributed by atoms with Crippen LogP contribution in [0.2, 0.25) is 0 Å². The van der Waals surface area contributed by atoms with Crippen LogP contribution in [-0.4, -0.2) is 25.3 Å². The van der Waals surface area contributed by atoms with Gasteiger partial charge in [-0.2, -0.15) is 0 Å². The molecule has 0 aliphatic carbocycles. The van der Waals surface area contributed by atoms with Crippen molar-refractivity contribution in [1.82, 2.24) is 0 Å². The first-order valence-corrected chi connectivity index (χ1v) is 7.53. The molecule has 0 heterocycles. The Morgan fingerprint density at radius 3 is 2.14 bits per heavy atom. The highest BCUT2D eigenvalue weighted by molar-refractivity contribution is 7.91. The van der Waals surface area contributed by atoms with E-state index >= 15 is 0 Å². The van der Waals surface area contributed by atoms with Crippen molar-refractivity contribution < 1.29 is 8.42 Å². The molecule has 2 unspecified atom stereocenters. The Morgan fingerprint density at radius 2 is 1.79 bits per heavy atom. The van der Waals surface area contributed by atoms with E-state index in [0.29, 0.717) is 24.5 Å². The Balaban J connectivity index is 4.03. The molecule has 2 atom stereocenters. The van der Waals surface area contributed by atoms with Gasteiger partial charge in [0.25, 0.3) is 0 Å². The van der Waals surface area contributed by atoms with E-state index in [4.69, 9.17) is 11.6 Å². The fourth-order valence-corrected chi connectivity index (χ4v) is 3.29. The summed E-state index contributed by atoms with van der Waals surface area (Å²) in [7, 11) is -2.83. The van der Waals surface area contributed by atoms with Crippen LogP contribution in [0.5, 0.6) is 0 Å². The molecule has 0 aromatic rings. The Labute approximate surface area is 93.0 Å². The van der Waals surface area contributed by atoms with Crippen LogP contribution in [0.25, 0.3) is 0 Å². The van der Waals surface area contributed by atoms with Crippen LogP contribution >= 0.6 is 11.6 Å². The van der Waals surface area contributed by atoms with Crippen LogP contribution in [-0.2, 0) is 9.84 Å². The van der Waals surface area contributed by atoms with E-state index < -0.39 is 9.84 Å². The number of sulfone groups is 1. The molecule has 0 aliphatic heterocycles. The van der Waals surface area contributed by atoms with Crippen molar-refractivity contribution in [3.63, 3.8) is 0 Å². The lowest BCUT2D eigenvalue weighted by Crippen LogP contribution is -2.18. The monoisotopic (exact) mass is 240 g/mol. The second-order valence-corrected chi connectivity index (χ2v) is 6.78. The summed E-state index contributed by atoms with van der Waals surface area (Å²) in [6.45, 7) is 5.87. The molecule has 0 N–H and O–H groups in total. The van der Waals surface area contributed by atoms with E-state index in [2.05, 4.69) is 6.92 Å². The second kappa shape index (κ2) is 6.67. The van der Waals surface area contributed by atoms with Gasteiger partial charge in [-0.25, -0.2) is 8.42 Å². The summed E-state index contributed by atoms with van der Waals surface area (Å²) in [5, 5.41) is 0.0665. The van der Waals surface area contributed by atoms with Crippen molar-refractivity contribution in [2.24, 2.45) is 5.92 Å². The van der Waals surface area contributed by atoms with Crippen molar-refractivity contribution in [1.29, 1.82) is 0 Å². The van der Waals surface area contributed by atoms with Gasteiger partial charge in [0.05, 0.1) is 5.75 Å². The summed E-state index contributed by atoms with van der Waals surface area (Å²) >= 11 is 5.96. The molecule has 2 nitrogen and oxygen atoms in total. The van der Waals surface area contributed by atoms with E-state index in [1.54, 1.807) is 0 Å². The van der Waals surface area contributed by atoms with Crippen molar-refractivity contribution in [2.75, 3.05) is 11.5 Å². The molecular weight excluding hydrogens is 220 g/mol. The van der Waals surface area contributed by atoms with Crippen LogP contribution in [0.15, 0.2) is 0 Å². The van der Waals surface area contributed by atoms with Crippen LogP contribution < -0.4 is 0 Å². The first-order valence-electron chi connectivity index (χ1n) is 5.27. The molecule has 0 rings (SSSR count). The van der Waals surface area contributed by atoms with Gasteiger partial charge in [-0.3, -0.25) is 0 Å². The Morgan fingerprint density at radius 1 is 1.21 bits per heavy atom. The molecule has 14 heavy (non-hydrogen) atoms.